The van der Waals surface area contributed by atoms with E-state index < -0.39 is 7.82 Å². The molecule has 0 bridgehead atoms. The first-order valence-electron chi connectivity index (χ1n) is 9.34. The lowest BCUT2D eigenvalue weighted by Crippen LogP contribution is -1.90. The second-order valence-electron chi connectivity index (χ2n) is 6.97. The average Bonchev–Trinajstić information content (AvgIpc) is 2.72. The molecule has 148 valence electrons. The molecule has 5 aromatic rings. The second kappa shape index (κ2) is 7.46. The number of hydrogen-bond acceptors (Lipinski definition) is 3. The normalized spacial score (nSPS) is 12.8. The highest BCUT2D eigenvalue weighted by Gasteiger charge is 2.19. The molecule has 0 aromatic heterocycles. The fourth-order valence-electron chi connectivity index (χ4n) is 3.81. The van der Waals surface area contributed by atoms with E-state index in [9.17, 15) is 14.4 Å². The summed E-state index contributed by atoms with van der Waals surface area (Å²) in [6.07, 6.45) is 1.70. The molecule has 0 spiro atoms. The van der Waals surface area contributed by atoms with Crippen LogP contribution in [0.4, 0.5) is 0 Å². The van der Waals surface area contributed by atoms with Crippen molar-refractivity contribution in [2.75, 3.05) is 0 Å². The molecule has 0 fully saturated rings. The highest BCUT2D eigenvalue weighted by Crippen LogP contribution is 2.45. The van der Waals surface area contributed by atoms with Crippen molar-refractivity contribution < 1.29 is 18.9 Å². The molecule has 0 aliphatic carbocycles. The minimum absolute atomic E-state index is 0.143. The van der Waals surface area contributed by atoms with E-state index in [-0.39, 0.29) is 5.09 Å². The van der Waals surface area contributed by atoms with E-state index in [0.29, 0.717) is 0 Å². The molecule has 0 unspecified atom stereocenters. The van der Waals surface area contributed by atoms with Gasteiger partial charge in [-0.3, -0.25) is 9.79 Å². The predicted octanol–water partition coefficient (Wildman–Crippen LogP) is 6.78. The Morgan fingerprint density at radius 2 is 1.40 bits per heavy atom. The van der Waals surface area contributed by atoms with Gasteiger partial charge in [-0.1, -0.05) is 84.6 Å². The molecule has 0 heterocycles. The Labute approximate surface area is 177 Å². The summed E-state index contributed by atoms with van der Waals surface area (Å²) in [5, 5.41) is 6.94. The van der Waals surface area contributed by atoms with Crippen LogP contribution in [-0.4, -0.2) is 9.79 Å². The van der Waals surface area contributed by atoms with Gasteiger partial charge < -0.3 is 4.52 Å². The lowest BCUT2D eigenvalue weighted by molar-refractivity contribution is 0.255. The number of hydrogen-bond donors (Lipinski definition) is 2. The maximum atomic E-state index is 11.6. The number of benzene rings is 5. The SMILES string of the molecule is O=P(O)(O)O/C(=C\c1ccc2ccc3cccc4ccc1c2c34)Sc1ccccc1. The Balaban J connectivity index is 1.71. The van der Waals surface area contributed by atoms with Gasteiger partial charge in [-0.2, -0.15) is 0 Å². The first-order chi connectivity index (χ1) is 14.5. The third-order valence-electron chi connectivity index (χ3n) is 5.01. The van der Waals surface area contributed by atoms with Gasteiger partial charge in [0.15, 0.2) is 5.09 Å². The van der Waals surface area contributed by atoms with Crippen LogP contribution >= 0.6 is 19.6 Å². The number of thioether (sulfide) groups is 1. The quantitative estimate of drug-likeness (QED) is 0.139. The van der Waals surface area contributed by atoms with Gasteiger partial charge in [-0.25, -0.2) is 4.57 Å². The van der Waals surface area contributed by atoms with Crippen LogP contribution in [0.1, 0.15) is 5.56 Å². The van der Waals surface area contributed by atoms with Crippen LogP contribution in [0.25, 0.3) is 38.4 Å². The Bertz CT molecular complexity index is 1420. The highest BCUT2D eigenvalue weighted by atomic mass is 32.2. The summed E-state index contributed by atoms with van der Waals surface area (Å²) in [5.74, 6) is 0. The Morgan fingerprint density at radius 3 is 2.10 bits per heavy atom. The molecular weight excluding hydrogens is 415 g/mol. The summed E-state index contributed by atoms with van der Waals surface area (Å²) in [4.78, 5) is 19.7. The highest BCUT2D eigenvalue weighted by molar-refractivity contribution is 8.03. The fourth-order valence-corrected chi connectivity index (χ4v) is 5.25. The van der Waals surface area contributed by atoms with E-state index in [1.54, 1.807) is 6.08 Å². The first-order valence-corrected chi connectivity index (χ1v) is 11.7. The van der Waals surface area contributed by atoms with E-state index >= 15 is 0 Å². The molecular formula is C24H17O4PS. The van der Waals surface area contributed by atoms with Crippen molar-refractivity contribution in [3.63, 3.8) is 0 Å². The summed E-state index contributed by atoms with van der Waals surface area (Å²) in [6, 6.07) is 27.9. The minimum Gasteiger partial charge on any atom is -0.397 e. The van der Waals surface area contributed by atoms with Crippen LogP contribution in [-0.2, 0) is 9.09 Å². The third-order valence-corrected chi connectivity index (χ3v) is 6.47. The van der Waals surface area contributed by atoms with Crippen molar-refractivity contribution >= 4 is 58.0 Å². The number of phosphoric acid groups is 1. The van der Waals surface area contributed by atoms with E-state index in [1.807, 2.05) is 48.5 Å². The minimum atomic E-state index is -4.70. The molecule has 6 heteroatoms. The standard InChI is InChI=1S/C24H17O4PS/c25-29(26,27)28-22(30-20-7-2-1-3-8-20)15-19-12-11-18-10-9-16-5-4-6-17-13-14-21(19)24(18)23(16)17/h1-15H,(H2,25,26,27)/b22-15+. The summed E-state index contributed by atoms with van der Waals surface area (Å²) >= 11 is 1.18. The molecule has 5 aromatic carbocycles. The number of rotatable bonds is 5. The summed E-state index contributed by atoms with van der Waals surface area (Å²) in [6.45, 7) is 0. The third kappa shape index (κ3) is 3.69. The zero-order valence-corrected chi connectivity index (χ0v) is 17.4. The van der Waals surface area contributed by atoms with Crippen molar-refractivity contribution in [2.24, 2.45) is 0 Å². The summed E-state index contributed by atoms with van der Waals surface area (Å²) < 4.78 is 16.6. The van der Waals surface area contributed by atoms with Crippen molar-refractivity contribution in [3.05, 3.63) is 95.6 Å². The van der Waals surface area contributed by atoms with Gasteiger partial charge in [0, 0.05) is 4.90 Å². The maximum Gasteiger partial charge on any atom is 0.525 e. The topological polar surface area (TPSA) is 66.8 Å². The number of phosphoric ester groups is 1. The van der Waals surface area contributed by atoms with Gasteiger partial charge in [-0.05, 0) is 56.1 Å². The lowest BCUT2D eigenvalue weighted by atomic mass is 9.92. The first kappa shape index (κ1) is 19.2. The maximum absolute atomic E-state index is 11.6. The van der Waals surface area contributed by atoms with E-state index in [2.05, 4.69) is 36.4 Å². The predicted molar refractivity (Wildman–Crippen MR) is 124 cm³/mol. The summed E-state index contributed by atoms with van der Waals surface area (Å²) in [5.41, 5.74) is 0.840. The van der Waals surface area contributed by atoms with E-state index in [4.69, 9.17) is 4.52 Å². The largest absolute Gasteiger partial charge is 0.525 e. The Kier molecular flexibility index (Phi) is 4.76. The molecule has 0 radical (unpaired) electrons. The zero-order valence-electron chi connectivity index (χ0n) is 15.7. The molecule has 5 rings (SSSR count). The Hall–Kier alpha value is -2.82. The van der Waals surface area contributed by atoms with Crippen LogP contribution in [0, 0.1) is 0 Å². The van der Waals surface area contributed by atoms with Crippen LogP contribution in [0.15, 0.2) is 94.9 Å². The molecule has 0 atom stereocenters. The smallest absolute Gasteiger partial charge is 0.397 e. The van der Waals surface area contributed by atoms with Crippen molar-refractivity contribution in [3.8, 4) is 0 Å². The molecule has 2 N–H and O–H groups in total. The van der Waals surface area contributed by atoms with Crippen molar-refractivity contribution in [1.29, 1.82) is 0 Å². The molecule has 4 nitrogen and oxygen atoms in total. The zero-order chi connectivity index (χ0) is 20.7. The van der Waals surface area contributed by atoms with Gasteiger partial charge in [-0.15, -0.1) is 0 Å². The van der Waals surface area contributed by atoms with Crippen LogP contribution < -0.4 is 0 Å². The second-order valence-corrected chi connectivity index (χ2v) is 9.21. The van der Waals surface area contributed by atoms with Crippen LogP contribution in [0.3, 0.4) is 0 Å². The van der Waals surface area contributed by atoms with E-state index in [1.165, 1.54) is 17.1 Å². The van der Waals surface area contributed by atoms with Gasteiger partial charge in [0.05, 0.1) is 0 Å². The molecule has 0 aliphatic rings. The van der Waals surface area contributed by atoms with Gasteiger partial charge in [0.25, 0.3) is 0 Å². The van der Waals surface area contributed by atoms with Crippen molar-refractivity contribution in [2.45, 2.75) is 4.90 Å². The Morgan fingerprint density at radius 1 is 0.767 bits per heavy atom. The molecule has 30 heavy (non-hydrogen) atoms. The van der Waals surface area contributed by atoms with Gasteiger partial charge in [0.1, 0.15) is 0 Å². The van der Waals surface area contributed by atoms with Crippen LogP contribution in [0.5, 0.6) is 0 Å². The molecule has 0 saturated heterocycles. The van der Waals surface area contributed by atoms with E-state index in [0.717, 1.165) is 37.4 Å². The van der Waals surface area contributed by atoms with Crippen LogP contribution in [0.2, 0.25) is 0 Å². The molecule has 0 saturated carbocycles. The molecule has 0 aliphatic heterocycles. The van der Waals surface area contributed by atoms with Gasteiger partial charge >= 0.3 is 7.82 Å². The monoisotopic (exact) mass is 432 g/mol. The average molecular weight is 432 g/mol. The van der Waals surface area contributed by atoms with Crippen molar-refractivity contribution in [1.82, 2.24) is 0 Å². The fraction of sp³-hybridized carbons (Fsp3) is 0. The summed E-state index contributed by atoms with van der Waals surface area (Å²) in [7, 11) is -4.70. The molecule has 0 amide bonds. The lowest BCUT2D eigenvalue weighted by Gasteiger charge is -2.14. The van der Waals surface area contributed by atoms with Gasteiger partial charge in [0.2, 0.25) is 0 Å².